The van der Waals surface area contributed by atoms with E-state index in [0.29, 0.717) is 0 Å². The van der Waals surface area contributed by atoms with Crippen molar-refractivity contribution >= 4 is 0 Å². The number of aryl methyl sites for hydroxylation is 7. The Morgan fingerprint density at radius 1 is 0.480 bits per heavy atom. The van der Waals surface area contributed by atoms with Gasteiger partial charge < -0.3 is 0 Å². The summed E-state index contributed by atoms with van der Waals surface area (Å²) in [7, 11) is 0. The lowest BCUT2D eigenvalue weighted by molar-refractivity contribution is 0.983. The molecule has 0 aliphatic heterocycles. The predicted octanol–water partition coefficient (Wildman–Crippen LogP) is 5.36. The summed E-state index contributed by atoms with van der Waals surface area (Å²) in [5.41, 5.74) is 9.54. The first-order valence-electron chi connectivity index (χ1n) is 8.65. The van der Waals surface area contributed by atoms with E-state index in [1.54, 1.807) is 0 Å². The van der Waals surface area contributed by atoms with Crippen LogP contribution in [0, 0.1) is 48.5 Å². The van der Waals surface area contributed by atoms with E-state index in [1.807, 2.05) is 6.92 Å². The predicted molar refractivity (Wildman–Crippen MR) is 104 cm³/mol. The van der Waals surface area contributed by atoms with Gasteiger partial charge in [-0.2, -0.15) is 0 Å². The molecule has 0 spiro atoms. The third-order valence-corrected chi connectivity index (χ3v) is 4.55. The maximum Gasteiger partial charge on any atom is 0.164 e. The summed E-state index contributed by atoms with van der Waals surface area (Å²) in [5.74, 6) is 2.27. The fourth-order valence-electron chi connectivity index (χ4n) is 3.77. The average molecular weight is 331 g/mol. The summed E-state index contributed by atoms with van der Waals surface area (Å²) in [5, 5.41) is 0. The summed E-state index contributed by atoms with van der Waals surface area (Å²) in [6, 6.07) is 8.74. The van der Waals surface area contributed by atoms with E-state index in [1.165, 1.54) is 33.4 Å². The van der Waals surface area contributed by atoms with E-state index in [2.05, 4.69) is 75.8 Å². The highest BCUT2D eigenvalue weighted by molar-refractivity contribution is 5.70. The third kappa shape index (κ3) is 3.32. The van der Waals surface area contributed by atoms with Crippen molar-refractivity contribution < 1.29 is 0 Å². The van der Waals surface area contributed by atoms with Gasteiger partial charge in [0, 0.05) is 11.1 Å². The van der Waals surface area contributed by atoms with Crippen LogP contribution in [-0.2, 0) is 0 Å². The minimum Gasteiger partial charge on any atom is -0.213 e. The van der Waals surface area contributed by atoms with Crippen LogP contribution in [0.25, 0.3) is 22.8 Å². The second-order valence-corrected chi connectivity index (χ2v) is 7.08. The van der Waals surface area contributed by atoms with Crippen molar-refractivity contribution in [3.63, 3.8) is 0 Å². The number of hydrogen-bond donors (Lipinski definition) is 0. The van der Waals surface area contributed by atoms with Crippen LogP contribution in [0.2, 0.25) is 0 Å². The van der Waals surface area contributed by atoms with Crippen LogP contribution in [0.15, 0.2) is 24.3 Å². The summed E-state index contributed by atoms with van der Waals surface area (Å²) in [6.45, 7) is 14.7. The van der Waals surface area contributed by atoms with Gasteiger partial charge in [0.05, 0.1) is 0 Å². The number of aromatic nitrogens is 3. The minimum atomic E-state index is 0.749. The van der Waals surface area contributed by atoms with Crippen LogP contribution in [0.4, 0.5) is 0 Å². The van der Waals surface area contributed by atoms with Crippen LogP contribution in [0.5, 0.6) is 0 Å². The first kappa shape index (κ1) is 17.3. The molecule has 0 fully saturated rings. The van der Waals surface area contributed by atoms with Gasteiger partial charge in [0.25, 0.3) is 0 Å². The van der Waals surface area contributed by atoms with Crippen molar-refractivity contribution in [2.24, 2.45) is 0 Å². The van der Waals surface area contributed by atoms with E-state index < -0.39 is 0 Å². The van der Waals surface area contributed by atoms with E-state index in [9.17, 15) is 0 Å². The first-order valence-corrected chi connectivity index (χ1v) is 8.65. The van der Waals surface area contributed by atoms with Gasteiger partial charge in [-0.25, -0.2) is 15.0 Å². The smallest absolute Gasteiger partial charge is 0.164 e. The van der Waals surface area contributed by atoms with E-state index in [-0.39, 0.29) is 0 Å². The lowest BCUT2D eigenvalue weighted by Crippen LogP contribution is -2.04. The lowest BCUT2D eigenvalue weighted by Gasteiger charge is -2.14. The fourth-order valence-corrected chi connectivity index (χ4v) is 3.77. The number of nitrogens with zero attached hydrogens (tertiary/aromatic N) is 3. The topological polar surface area (TPSA) is 38.7 Å². The van der Waals surface area contributed by atoms with Crippen LogP contribution in [0.1, 0.15) is 39.2 Å². The van der Waals surface area contributed by atoms with Crippen molar-refractivity contribution in [3.05, 3.63) is 63.5 Å². The summed E-state index contributed by atoms with van der Waals surface area (Å²) in [4.78, 5) is 14.1. The first-order chi connectivity index (χ1) is 11.8. The van der Waals surface area contributed by atoms with Crippen LogP contribution < -0.4 is 0 Å². The molecule has 2 aromatic carbocycles. The van der Waals surface area contributed by atoms with Crippen molar-refractivity contribution in [3.8, 4) is 22.8 Å². The van der Waals surface area contributed by atoms with E-state index in [0.717, 1.165) is 28.6 Å². The molecule has 3 nitrogen and oxygen atoms in total. The maximum atomic E-state index is 4.85. The molecule has 0 amide bonds. The molecular weight excluding hydrogens is 306 g/mol. The van der Waals surface area contributed by atoms with Gasteiger partial charge in [-0.1, -0.05) is 35.4 Å². The molecule has 0 saturated carbocycles. The van der Waals surface area contributed by atoms with Crippen LogP contribution >= 0.6 is 0 Å². The zero-order valence-electron chi connectivity index (χ0n) is 16.2. The molecule has 25 heavy (non-hydrogen) atoms. The molecule has 0 aliphatic carbocycles. The standard InChI is InChI=1S/C22H25N3/c1-12-8-14(3)19(15(4)9-12)21-23-18(7)24-22(25-21)20-16(5)10-13(2)11-17(20)6/h8-11H,1-7H3. The number of benzene rings is 2. The van der Waals surface area contributed by atoms with Gasteiger partial charge >= 0.3 is 0 Å². The van der Waals surface area contributed by atoms with Gasteiger partial charge in [-0.15, -0.1) is 0 Å². The molecule has 128 valence electrons. The quantitative estimate of drug-likeness (QED) is 0.634. The monoisotopic (exact) mass is 331 g/mol. The molecule has 1 heterocycles. The third-order valence-electron chi connectivity index (χ3n) is 4.55. The number of hydrogen-bond acceptors (Lipinski definition) is 3. The zero-order valence-corrected chi connectivity index (χ0v) is 16.2. The van der Waals surface area contributed by atoms with Gasteiger partial charge in [0.15, 0.2) is 11.6 Å². The Morgan fingerprint density at radius 3 is 1.12 bits per heavy atom. The molecule has 3 rings (SSSR count). The normalized spacial score (nSPS) is 11.0. The van der Waals surface area contributed by atoms with Crippen molar-refractivity contribution in [2.75, 3.05) is 0 Å². The highest BCUT2D eigenvalue weighted by Gasteiger charge is 2.15. The van der Waals surface area contributed by atoms with Gasteiger partial charge in [0.2, 0.25) is 0 Å². The molecule has 0 radical (unpaired) electrons. The van der Waals surface area contributed by atoms with E-state index >= 15 is 0 Å². The molecule has 3 heteroatoms. The lowest BCUT2D eigenvalue weighted by atomic mass is 9.98. The Hall–Kier alpha value is -2.55. The molecule has 0 aliphatic rings. The summed E-state index contributed by atoms with van der Waals surface area (Å²) in [6.07, 6.45) is 0. The number of rotatable bonds is 2. The summed E-state index contributed by atoms with van der Waals surface area (Å²) < 4.78 is 0. The Labute approximate surface area is 150 Å². The second-order valence-electron chi connectivity index (χ2n) is 7.08. The van der Waals surface area contributed by atoms with Gasteiger partial charge in [-0.3, -0.25) is 0 Å². The molecule has 1 aromatic heterocycles. The molecule has 3 aromatic rings. The molecule has 0 saturated heterocycles. The molecule has 0 bridgehead atoms. The zero-order chi connectivity index (χ0) is 18.3. The van der Waals surface area contributed by atoms with E-state index in [4.69, 9.17) is 4.98 Å². The summed E-state index contributed by atoms with van der Waals surface area (Å²) >= 11 is 0. The Morgan fingerprint density at radius 2 is 0.800 bits per heavy atom. The van der Waals surface area contributed by atoms with Crippen LogP contribution in [-0.4, -0.2) is 15.0 Å². The molecule has 0 unspecified atom stereocenters. The van der Waals surface area contributed by atoms with Gasteiger partial charge in [-0.05, 0) is 70.7 Å². The average Bonchev–Trinajstić information content (AvgIpc) is 2.44. The Bertz CT molecular complexity index is 849. The minimum absolute atomic E-state index is 0.749. The van der Waals surface area contributed by atoms with Gasteiger partial charge in [0.1, 0.15) is 5.82 Å². The largest absolute Gasteiger partial charge is 0.213 e. The fraction of sp³-hybridized carbons (Fsp3) is 0.318. The molecule has 0 N–H and O–H groups in total. The maximum absolute atomic E-state index is 4.85. The van der Waals surface area contributed by atoms with Crippen LogP contribution in [0.3, 0.4) is 0 Å². The molecule has 0 atom stereocenters. The molecular formula is C22H25N3. The SMILES string of the molecule is Cc1cc(C)c(-c2nc(C)nc(-c3c(C)cc(C)cc3C)n2)c(C)c1. The highest BCUT2D eigenvalue weighted by atomic mass is 15.0. The Balaban J connectivity index is 2.25. The second kappa shape index (κ2) is 6.40. The Kier molecular flexibility index (Phi) is 4.42. The highest BCUT2D eigenvalue weighted by Crippen LogP contribution is 2.30. The van der Waals surface area contributed by atoms with Crippen molar-refractivity contribution in [2.45, 2.75) is 48.5 Å². The van der Waals surface area contributed by atoms with Crippen molar-refractivity contribution in [1.29, 1.82) is 0 Å². The van der Waals surface area contributed by atoms with Crippen molar-refractivity contribution in [1.82, 2.24) is 15.0 Å².